The highest BCUT2D eigenvalue weighted by Gasteiger charge is 2.56. The smallest absolute Gasteiger partial charge is 0.315 e. The maximum absolute atomic E-state index is 12.5. The van der Waals surface area contributed by atoms with E-state index in [0.29, 0.717) is 18.7 Å². The van der Waals surface area contributed by atoms with Crippen LogP contribution < -0.4 is 0 Å². The third kappa shape index (κ3) is 3.71. The van der Waals surface area contributed by atoms with Crippen molar-refractivity contribution in [2.45, 2.75) is 18.9 Å². The number of nitrogens with zero attached hydrogens (tertiary/aromatic N) is 5. The lowest BCUT2D eigenvalue weighted by Gasteiger charge is -2.20. The molecular formula is C19H19N5O6. The van der Waals surface area contributed by atoms with Gasteiger partial charge in [0.1, 0.15) is 12.0 Å². The Bertz CT molecular complexity index is 965. The zero-order valence-electron chi connectivity index (χ0n) is 16.3. The summed E-state index contributed by atoms with van der Waals surface area (Å²) < 4.78 is 9.80. The first-order valence-electron chi connectivity index (χ1n) is 9.15. The van der Waals surface area contributed by atoms with Gasteiger partial charge in [-0.1, -0.05) is 0 Å². The van der Waals surface area contributed by atoms with E-state index in [2.05, 4.69) is 10.2 Å². The van der Waals surface area contributed by atoms with Crippen LogP contribution in [0.15, 0.2) is 45.9 Å². The predicted octanol–water partition coefficient (Wildman–Crippen LogP) is 2.47. The van der Waals surface area contributed by atoms with Crippen molar-refractivity contribution in [1.29, 1.82) is 5.26 Å². The molecule has 0 spiro atoms. The average Bonchev–Trinajstić information content (AvgIpc) is 3.34. The fraction of sp³-hybridized carbons (Fsp3) is 0.421. The molecule has 2 fully saturated rings. The SMILES string of the molecule is COC(=O)C1/C(=C(\C#N)N=Nc2ccc([N+](=O)[O-])cc2)N2CCCC2C1C(=O)OC. The first-order valence-corrected chi connectivity index (χ1v) is 9.15. The maximum Gasteiger partial charge on any atom is 0.315 e. The van der Waals surface area contributed by atoms with E-state index in [1.54, 1.807) is 0 Å². The number of azo groups is 1. The molecule has 3 rings (SSSR count). The van der Waals surface area contributed by atoms with Crippen LogP contribution in [0.1, 0.15) is 12.8 Å². The summed E-state index contributed by atoms with van der Waals surface area (Å²) >= 11 is 0. The molecule has 1 aromatic rings. The monoisotopic (exact) mass is 413 g/mol. The number of benzene rings is 1. The number of nitriles is 1. The fourth-order valence-corrected chi connectivity index (χ4v) is 4.01. The van der Waals surface area contributed by atoms with Gasteiger partial charge in [-0.15, -0.1) is 10.2 Å². The van der Waals surface area contributed by atoms with Crippen LogP contribution in [0, 0.1) is 33.3 Å². The van der Waals surface area contributed by atoms with E-state index in [9.17, 15) is 25.0 Å². The highest BCUT2D eigenvalue weighted by Crippen LogP contribution is 2.46. The van der Waals surface area contributed by atoms with Crippen molar-refractivity contribution in [2.24, 2.45) is 22.1 Å². The van der Waals surface area contributed by atoms with Crippen LogP contribution >= 0.6 is 0 Å². The van der Waals surface area contributed by atoms with Gasteiger partial charge < -0.3 is 14.4 Å². The molecule has 0 N–H and O–H groups in total. The predicted molar refractivity (Wildman–Crippen MR) is 101 cm³/mol. The molecule has 156 valence electrons. The van der Waals surface area contributed by atoms with E-state index in [1.165, 1.54) is 38.5 Å². The van der Waals surface area contributed by atoms with Crippen LogP contribution in [0.3, 0.4) is 0 Å². The van der Waals surface area contributed by atoms with Gasteiger partial charge in [0.15, 0.2) is 5.70 Å². The average molecular weight is 413 g/mol. The van der Waals surface area contributed by atoms with Gasteiger partial charge in [0.2, 0.25) is 0 Å². The number of methoxy groups -OCH3 is 2. The summed E-state index contributed by atoms with van der Waals surface area (Å²) in [4.78, 5) is 37.0. The van der Waals surface area contributed by atoms with Gasteiger partial charge in [-0.3, -0.25) is 19.7 Å². The number of esters is 2. The molecule has 1 aromatic carbocycles. The number of allylic oxidation sites excluding steroid dienone is 1. The number of nitro groups is 1. The molecule has 0 amide bonds. The molecule has 30 heavy (non-hydrogen) atoms. The van der Waals surface area contributed by atoms with Crippen molar-refractivity contribution in [3.8, 4) is 6.07 Å². The van der Waals surface area contributed by atoms with Crippen LogP contribution in [0.4, 0.5) is 11.4 Å². The van der Waals surface area contributed by atoms with E-state index in [1.807, 2.05) is 11.0 Å². The Morgan fingerprint density at radius 2 is 1.90 bits per heavy atom. The highest BCUT2D eigenvalue weighted by atomic mass is 16.6. The van der Waals surface area contributed by atoms with Crippen LogP contribution in [-0.2, 0) is 19.1 Å². The number of fused-ring (bicyclic) bond motifs is 1. The molecule has 0 radical (unpaired) electrons. The normalized spacial score (nSPS) is 24.3. The quantitative estimate of drug-likeness (QED) is 0.235. The highest BCUT2D eigenvalue weighted by molar-refractivity contribution is 5.86. The van der Waals surface area contributed by atoms with E-state index >= 15 is 0 Å². The molecule has 11 nitrogen and oxygen atoms in total. The third-order valence-electron chi connectivity index (χ3n) is 5.28. The van der Waals surface area contributed by atoms with E-state index in [-0.39, 0.29) is 23.1 Å². The van der Waals surface area contributed by atoms with E-state index < -0.39 is 28.7 Å². The molecule has 0 aliphatic carbocycles. The van der Waals surface area contributed by atoms with Gasteiger partial charge in [0, 0.05) is 24.7 Å². The van der Waals surface area contributed by atoms with Gasteiger partial charge in [-0.05, 0) is 25.0 Å². The van der Waals surface area contributed by atoms with Crippen molar-refractivity contribution in [2.75, 3.05) is 20.8 Å². The van der Waals surface area contributed by atoms with Crippen LogP contribution in [0.5, 0.6) is 0 Å². The van der Waals surface area contributed by atoms with Crippen molar-refractivity contribution in [3.05, 3.63) is 45.8 Å². The molecule has 2 heterocycles. The topological polar surface area (TPSA) is 147 Å². The molecule has 3 unspecified atom stereocenters. The van der Waals surface area contributed by atoms with Gasteiger partial charge in [0.25, 0.3) is 5.69 Å². The lowest BCUT2D eigenvalue weighted by Crippen LogP contribution is -2.34. The van der Waals surface area contributed by atoms with Gasteiger partial charge in [-0.2, -0.15) is 5.26 Å². The van der Waals surface area contributed by atoms with Crippen molar-refractivity contribution < 1.29 is 24.0 Å². The zero-order valence-corrected chi connectivity index (χ0v) is 16.3. The molecular weight excluding hydrogens is 394 g/mol. The molecule has 2 aliphatic heterocycles. The lowest BCUT2D eigenvalue weighted by atomic mass is 9.87. The van der Waals surface area contributed by atoms with Crippen molar-refractivity contribution in [1.82, 2.24) is 4.90 Å². The molecule has 0 saturated carbocycles. The third-order valence-corrected chi connectivity index (χ3v) is 5.28. The number of ether oxygens (including phenoxy) is 2. The minimum absolute atomic E-state index is 0.102. The number of carbonyl (C=O) groups excluding carboxylic acids is 2. The van der Waals surface area contributed by atoms with E-state index in [4.69, 9.17) is 9.47 Å². The minimum Gasteiger partial charge on any atom is -0.469 e. The van der Waals surface area contributed by atoms with Gasteiger partial charge >= 0.3 is 11.9 Å². The molecule has 3 atom stereocenters. The summed E-state index contributed by atoms with van der Waals surface area (Å²) in [5.41, 5.74) is 0.356. The second kappa shape index (κ2) is 8.69. The number of carbonyl (C=O) groups is 2. The lowest BCUT2D eigenvalue weighted by molar-refractivity contribution is -0.384. The largest absolute Gasteiger partial charge is 0.469 e. The number of nitro benzene ring substituents is 1. The summed E-state index contributed by atoms with van der Waals surface area (Å²) in [6, 6.07) is 6.98. The van der Waals surface area contributed by atoms with Crippen LogP contribution in [-0.4, -0.2) is 48.6 Å². The Morgan fingerprint density at radius 3 is 2.47 bits per heavy atom. The second-order valence-electron chi connectivity index (χ2n) is 6.77. The van der Waals surface area contributed by atoms with Gasteiger partial charge in [0.05, 0.1) is 36.4 Å². The Hall–Kier alpha value is -3.81. The van der Waals surface area contributed by atoms with Crippen molar-refractivity contribution in [3.63, 3.8) is 0 Å². The maximum atomic E-state index is 12.5. The molecule has 0 aromatic heterocycles. The zero-order chi connectivity index (χ0) is 21.8. The standard InChI is InChI=1S/C19H19N5O6/c1-29-18(25)15-14-4-3-9-23(14)17(16(15)19(26)30-2)13(10-20)22-21-11-5-7-12(8-6-11)24(27)28/h5-8,14-16H,3-4,9H2,1-2H3/b17-13-,22-21?. The Morgan fingerprint density at radius 1 is 1.23 bits per heavy atom. The summed E-state index contributed by atoms with van der Waals surface area (Å²) in [5, 5.41) is 28.4. The summed E-state index contributed by atoms with van der Waals surface area (Å²) in [5.74, 6) is -3.05. The summed E-state index contributed by atoms with van der Waals surface area (Å²) in [6.45, 7) is 0.555. The number of non-ortho nitro benzene ring substituents is 1. The van der Waals surface area contributed by atoms with Crippen LogP contribution in [0.25, 0.3) is 0 Å². The first kappa shape index (κ1) is 20.9. The minimum atomic E-state index is -1.03. The molecule has 2 saturated heterocycles. The van der Waals surface area contributed by atoms with Crippen molar-refractivity contribution >= 4 is 23.3 Å². The number of hydrogen-bond acceptors (Lipinski definition) is 10. The number of hydrogen-bond donors (Lipinski definition) is 0. The first-order chi connectivity index (χ1) is 14.4. The van der Waals surface area contributed by atoms with E-state index in [0.717, 1.165) is 6.42 Å². The Kier molecular flexibility index (Phi) is 6.06. The molecule has 2 aliphatic rings. The Labute approximate surface area is 171 Å². The Balaban J connectivity index is 2.04. The molecule has 0 bridgehead atoms. The molecule has 11 heteroatoms. The summed E-state index contributed by atoms with van der Waals surface area (Å²) in [7, 11) is 2.46. The summed E-state index contributed by atoms with van der Waals surface area (Å²) in [6.07, 6.45) is 1.45. The van der Waals surface area contributed by atoms with Gasteiger partial charge in [-0.25, -0.2) is 0 Å². The number of rotatable bonds is 5. The fourth-order valence-electron chi connectivity index (χ4n) is 4.01. The van der Waals surface area contributed by atoms with Crippen LogP contribution in [0.2, 0.25) is 0 Å². The second-order valence-corrected chi connectivity index (χ2v) is 6.77.